The lowest BCUT2D eigenvalue weighted by atomic mass is 9.89. The van der Waals surface area contributed by atoms with Gasteiger partial charge in [0.05, 0.1) is 5.69 Å². The molecule has 134 valence electrons. The first-order chi connectivity index (χ1) is 12.7. The van der Waals surface area contributed by atoms with Gasteiger partial charge in [-0.2, -0.15) is 0 Å². The van der Waals surface area contributed by atoms with Crippen LogP contribution in [0.4, 0.5) is 0 Å². The molecule has 0 unspecified atom stereocenters. The lowest BCUT2D eigenvalue weighted by molar-refractivity contribution is 0.312. The summed E-state index contributed by atoms with van der Waals surface area (Å²) in [6.45, 7) is 5.61. The Hall–Kier alpha value is -2.43. The highest BCUT2D eigenvalue weighted by atomic mass is 16.3. The summed E-state index contributed by atoms with van der Waals surface area (Å²) in [5, 5.41) is 0. The molecule has 2 N–H and O–H groups in total. The molecule has 1 saturated heterocycles. The highest BCUT2D eigenvalue weighted by Gasteiger charge is 2.33. The van der Waals surface area contributed by atoms with Crippen molar-refractivity contribution in [3.8, 4) is 11.5 Å². The molecule has 4 rings (SSSR count). The van der Waals surface area contributed by atoms with Crippen LogP contribution in [0.2, 0.25) is 0 Å². The maximum Gasteiger partial charge on any atom is 0.226 e. The zero-order valence-corrected chi connectivity index (χ0v) is 15.1. The summed E-state index contributed by atoms with van der Waals surface area (Å²) in [7, 11) is 0. The molecule has 0 bridgehead atoms. The Morgan fingerprint density at radius 3 is 2.58 bits per heavy atom. The summed E-state index contributed by atoms with van der Waals surface area (Å²) in [5.41, 5.74) is 10.7. The Labute approximate surface area is 154 Å². The third-order valence-electron chi connectivity index (χ3n) is 5.28. The average molecular weight is 347 g/mol. The van der Waals surface area contributed by atoms with E-state index in [0.717, 1.165) is 30.9 Å². The van der Waals surface area contributed by atoms with E-state index in [4.69, 9.17) is 10.2 Å². The minimum absolute atomic E-state index is 0.487. The Morgan fingerprint density at radius 2 is 1.85 bits per heavy atom. The van der Waals surface area contributed by atoms with Crippen molar-refractivity contribution in [2.75, 3.05) is 19.6 Å². The molecule has 1 aromatic heterocycles. The number of hydrogen-bond acceptors (Lipinski definition) is 4. The summed E-state index contributed by atoms with van der Waals surface area (Å²) in [6.07, 6.45) is 1.78. The Morgan fingerprint density at radius 1 is 1.08 bits per heavy atom. The van der Waals surface area contributed by atoms with Crippen LogP contribution >= 0.6 is 0 Å². The van der Waals surface area contributed by atoms with E-state index in [-0.39, 0.29) is 0 Å². The maximum atomic E-state index is 6.05. The van der Waals surface area contributed by atoms with Gasteiger partial charge in [-0.1, -0.05) is 48.0 Å². The molecule has 2 heterocycles. The summed E-state index contributed by atoms with van der Waals surface area (Å²) >= 11 is 0. The fourth-order valence-corrected chi connectivity index (χ4v) is 3.84. The molecule has 0 amide bonds. The summed E-state index contributed by atoms with van der Waals surface area (Å²) < 4.78 is 5.70. The molecule has 1 aliphatic heterocycles. The van der Waals surface area contributed by atoms with Crippen LogP contribution in [0.5, 0.6) is 0 Å². The highest BCUT2D eigenvalue weighted by Crippen LogP contribution is 2.33. The quantitative estimate of drug-likeness (QED) is 0.762. The van der Waals surface area contributed by atoms with E-state index in [1.807, 2.05) is 0 Å². The van der Waals surface area contributed by atoms with Crippen molar-refractivity contribution in [2.24, 2.45) is 11.7 Å². The first-order valence-electron chi connectivity index (χ1n) is 9.22. The number of aryl methyl sites for hydroxylation is 1. The minimum Gasteiger partial charge on any atom is -0.444 e. The van der Waals surface area contributed by atoms with Crippen LogP contribution in [-0.4, -0.2) is 29.5 Å². The lowest BCUT2D eigenvalue weighted by Gasteiger charge is -2.16. The van der Waals surface area contributed by atoms with E-state index >= 15 is 0 Å². The van der Waals surface area contributed by atoms with E-state index < -0.39 is 0 Å². The van der Waals surface area contributed by atoms with Gasteiger partial charge in [0.15, 0.2) is 0 Å². The van der Waals surface area contributed by atoms with Gasteiger partial charge in [0.1, 0.15) is 6.26 Å². The maximum absolute atomic E-state index is 6.05. The summed E-state index contributed by atoms with van der Waals surface area (Å²) in [4.78, 5) is 7.12. The molecule has 0 radical (unpaired) electrons. The number of hydrogen-bond donors (Lipinski definition) is 1. The Kier molecular flexibility index (Phi) is 4.87. The number of likely N-dealkylation sites (tertiary alicyclic amines) is 1. The summed E-state index contributed by atoms with van der Waals surface area (Å²) in [5.74, 6) is 1.67. The van der Waals surface area contributed by atoms with Gasteiger partial charge in [-0.3, -0.25) is 4.90 Å². The van der Waals surface area contributed by atoms with Gasteiger partial charge in [-0.05, 0) is 37.1 Å². The third-order valence-corrected chi connectivity index (χ3v) is 5.28. The van der Waals surface area contributed by atoms with Gasteiger partial charge in [-0.25, -0.2) is 4.98 Å². The molecule has 3 aromatic rings. The molecule has 4 nitrogen and oxygen atoms in total. The van der Waals surface area contributed by atoms with Crippen molar-refractivity contribution in [2.45, 2.75) is 19.4 Å². The van der Waals surface area contributed by atoms with Crippen LogP contribution in [0.3, 0.4) is 0 Å². The van der Waals surface area contributed by atoms with Gasteiger partial charge in [0.2, 0.25) is 5.89 Å². The first kappa shape index (κ1) is 17.0. The topological polar surface area (TPSA) is 55.3 Å². The van der Waals surface area contributed by atoms with Crippen molar-refractivity contribution in [3.63, 3.8) is 0 Å². The number of aromatic nitrogens is 1. The van der Waals surface area contributed by atoms with Gasteiger partial charge in [0, 0.05) is 31.1 Å². The molecular weight excluding hydrogens is 322 g/mol. The van der Waals surface area contributed by atoms with Gasteiger partial charge in [-0.15, -0.1) is 0 Å². The second-order valence-electron chi connectivity index (χ2n) is 7.22. The van der Waals surface area contributed by atoms with Gasteiger partial charge in [0.25, 0.3) is 0 Å². The minimum atomic E-state index is 0.487. The monoisotopic (exact) mass is 347 g/mol. The fourth-order valence-electron chi connectivity index (χ4n) is 3.84. The Bertz CT molecular complexity index is 841. The molecule has 2 aromatic carbocycles. The summed E-state index contributed by atoms with van der Waals surface area (Å²) in [6, 6.07) is 19.0. The molecule has 1 fully saturated rings. The predicted octanol–water partition coefficient (Wildman–Crippen LogP) is 3.82. The first-order valence-corrected chi connectivity index (χ1v) is 9.22. The average Bonchev–Trinajstić information content (AvgIpc) is 3.30. The SMILES string of the molecule is Cc1ccc(-c2nc(CN3C[C@@H](CN)[C@H](c4ccccc4)C3)co2)cc1. The van der Waals surface area contributed by atoms with Crippen molar-refractivity contribution >= 4 is 0 Å². The van der Waals surface area contributed by atoms with Crippen LogP contribution in [0, 0.1) is 12.8 Å². The van der Waals surface area contributed by atoms with Crippen LogP contribution in [0.15, 0.2) is 65.3 Å². The second kappa shape index (κ2) is 7.44. The highest BCUT2D eigenvalue weighted by molar-refractivity contribution is 5.53. The largest absolute Gasteiger partial charge is 0.444 e. The van der Waals surface area contributed by atoms with Crippen molar-refractivity contribution in [1.82, 2.24) is 9.88 Å². The van der Waals surface area contributed by atoms with Crippen molar-refractivity contribution in [1.29, 1.82) is 0 Å². The third kappa shape index (κ3) is 3.57. The number of benzene rings is 2. The molecule has 26 heavy (non-hydrogen) atoms. The fraction of sp³-hybridized carbons (Fsp3) is 0.318. The normalized spacial score (nSPS) is 20.5. The van der Waals surface area contributed by atoms with Crippen LogP contribution < -0.4 is 5.73 Å². The van der Waals surface area contributed by atoms with E-state index in [1.54, 1.807) is 6.26 Å². The molecule has 4 heteroatoms. The number of oxazole rings is 1. The second-order valence-corrected chi connectivity index (χ2v) is 7.22. The molecule has 0 aliphatic carbocycles. The standard InChI is InChI=1S/C22H25N3O/c1-16-7-9-18(10-8-16)22-24-20(15-26-22)13-25-12-19(11-23)21(14-25)17-5-3-2-4-6-17/h2-10,15,19,21H,11-14,23H2,1H3/t19-,21+/m1/s1. The molecule has 0 spiro atoms. The van der Waals surface area contributed by atoms with Crippen LogP contribution in [-0.2, 0) is 6.54 Å². The molecular formula is C22H25N3O. The zero-order chi connectivity index (χ0) is 17.9. The number of nitrogens with two attached hydrogens (primary N) is 1. The van der Waals surface area contributed by atoms with E-state index in [9.17, 15) is 0 Å². The van der Waals surface area contributed by atoms with Crippen molar-refractivity contribution < 1.29 is 4.42 Å². The van der Waals surface area contributed by atoms with Gasteiger partial charge < -0.3 is 10.2 Å². The van der Waals surface area contributed by atoms with Crippen LogP contribution in [0.25, 0.3) is 11.5 Å². The molecule has 1 aliphatic rings. The lowest BCUT2D eigenvalue weighted by Crippen LogP contribution is -2.23. The number of nitrogens with zero attached hydrogens (tertiary/aromatic N) is 2. The van der Waals surface area contributed by atoms with Crippen LogP contribution in [0.1, 0.15) is 22.7 Å². The van der Waals surface area contributed by atoms with E-state index in [1.165, 1.54) is 11.1 Å². The smallest absolute Gasteiger partial charge is 0.226 e. The van der Waals surface area contributed by atoms with Gasteiger partial charge >= 0.3 is 0 Å². The predicted molar refractivity (Wildman–Crippen MR) is 104 cm³/mol. The molecule has 2 atom stereocenters. The molecule has 0 saturated carbocycles. The van der Waals surface area contributed by atoms with E-state index in [2.05, 4.69) is 71.4 Å². The van der Waals surface area contributed by atoms with Crippen molar-refractivity contribution in [3.05, 3.63) is 77.7 Å². The zero-order valence-electron chi connectivity index (χ0n) is 15.1. The number of rotatable bonds is 5. The van der Waals surface area contributed by atoms with E-state index in [0.29, 0.717) is 24.3 Å². The Balaban J connectivity index is 1.46.